The number of anilines is 1. The van der Waals surface area contributed by atoms with Crippen molar-refractivity contribution < 1.29 is 9.21 Å². The van der Waals surface area contributed by atoms with Gasteiger partial charge in [0.25, 0.3) is 0 Å². The fourth-order valence-corrected chi connectivity index (χ4v) is 6.41. The SMILES string of the molecule is CC1(C)c2cc(/C=C3/C(=O)SC(=S)N3c3ccccc3)oc2-n2c3ncccc3c3cccc1c32. The number of aromatic nitrogens is 2. The van der Waals surface area contributed by atoms with Crippen LogP contribution in [-0.2, 0) is 10.2 Å². The standard InChI is InChI=1S/C28H19N3O2S2/c1-28(2)20-12-6-10-18-19-11-7-13-29-24(19)31(23(18)20)25-21(28)14-17(33-25)15-22-26(32)35-27(34)30(22)16-8-4-3-5-9-16/h3-15H,1-2H3/b22-15-. The highest BCUT2D eigenvalue weighted by Crippen LogP contribution is 2.48. The van der Waals surface area contributed by atoms with Gasteiger partial charge < -0.3 is 4.42 Å². The van der Waals surface area contributed by atoms with Crippen molar-refractivity contribution in [1.29, 1.82) is 0 Å². The van der Waals surface area contributed by atoms with Gasteiger partial charge in [0.15, 0.2) is 4.32 Å². The van der Waals surface area contributed by atoms with Crippen molar-refractivity contribution >= 4 is 67.1 Å². The molecule has 0 aliphatic carbocycles. The zero-order valence-electron chi connectivity index (χ0n) is 19.0. The molecular formula is C28H19N3O2S2. The highest BCUT2D eigenvalue weighted by Gasteiger charge is 2.39. The van der Waals surface area contributed by atoms with E-state index in [9.17, 15) is 4.79 Å². The number of carbonyl (C=O) groups excluding carboxylic acids is 1. The predicted octanol–water partition coefficient (Wildman–Crippen LogP) is 6.82. The summed E-state index contributed by atoms with van der Waals surface area (Å²) in [4.78, 5) is 19.4. The molecule has 7 heteroatoms. The van der Waals surface area contributed by atoms with E-state index in [2.05, 4.69) is 42.7 Å². The van der Waals surface area contributed by atoms with E-state index in [1.165, 1.54) is 5.56 Å². The summed E-state index contributed by atoms with van der Waals surface area (Å²) in [6.45, 7) is 4.42. The fraction of sp³-hybridized carbons (Fsp3) is 0.107. The summed E-state index contributed by atoms with van der Waals surface area (Å²) in [5.41, 5.74) is 5.32. The number of furan rings is 1. The fourth-order valence-electron chi connectivity index (χ4n) is 5.27. The third-order valence-corrected chi connectivity index (χ3v) is 8.12. The first-order valence-electron chi connectivity index (χ1n) is 11.3. The lowest BCUT2D eigenvalue weighted by molar-refractivity contribution is -0.107. The van der Waals surface area contributed by atoms with Gasteiger partial charge in [0.2, 0.25) is 11.0 Å². The summed E-state index contributed by atoms with van der Waals surface area (Å²) in [6, 6.07) is 22.2. The lowest BCUT2D eigenvalue weighted by Crippen LogP contribution is -2.25. The second-order valence-corrected chi connectivity index (χ2v) is 10.9. The van der Waals surface area contributed by atoms with Crippen LogP contribution in [0, 0.1) is 0 Å². The van der Waals surface area contributed by atoms with Gasteiger partial charge in [0.05, 0.1) is 5.52 Å². The van der Waals surface area contributed by atoms with Crippen molar-refractivity contribution in [2.24, 2.45) is 0 Å². The highest BCUT2D eigenvalue weighted by atomic mass is 32.2. The van der Waals surface area contributed by atoms with E-state index in [0.717, 1.165) is 50.8 Å². The van der Waals surface area contributed by atoms with Gasteiger partial charge in [-0.15, -0.1) is 0 Å². The van der Waals surface area contributed by atoms with Crippen molar-refractivity contribution in [1.82, 2.24) is 9.55 Å². The molecule has 1 saturated heterocycles. The first-order chi connectivity index (χ1) is 16.9. The van der Waals surface area contributed by atoms with Crippen molar-refractivity contribution in [2.75, 3.05) is 4.90 Å². The minimum atomic E-state index is -0.289. The molecule has 2 aliphatic heterocycles. The van der Waals surface area contributed by atoms with Crippen molar-refractivity contribution in [2.45, 2.75) is 19.3 Å². The molecule has 5 nitrogen and oxygen atoms in total. The van der Waals surface area contributed by atoms with E-state index < -0.39 is 0 Å². The summed E-state index contributed by atoms with van der Waals surface area (Å²) in [6.07, 6.45) is 3.61. The maximum atomic E-state index is 12.9. The van der Waals surface area contributed by atoms with Gasteiger partial charge in [-0.05, 0) is 47.7 Å². The molecular weight excluding hydrogens is 474 g/mol. The first-order valence-corrected chi connectivity index (χ1v) is 12.5. The maximum absolute atomic E-state index is 12.9. The van der Waals surface area contributed by atoms with Gasteiger partial charge in [-0.25, -0.2) is 4.98 Å². The Labute approximate surface area is 211 Å². The molecule has 2 aliphatic rings. The minimum Gasteiger partial charge on any atom is -0.440 e. The zero-order chi connectivity index (χ0) is 23.9. The van der Waals surface area contributed by atoms with Crippen molar-refractivity contribution in [3.05, 3.63) is 95.5 Å². The van der Waals surface area contributed by atoms with E-state index in [4.69, 9.17) is 21.6 Å². The minimum absolute atomic E-state index is 0.0914. The van der Waals surface area contributed by atoms with Gasteiger partial charge >= 0.3 is 0 Å². The number of fused-ring (bicyclic) bond motifs is 5. The summed E-state index contributed by atoms with van der Waals surface area (Å²) < 4.78 is 9.13. The molecule has 0 N–H and O–H groups in total. The summed E-state index contributed by atoms with van der Waals surface area (Å²) >= 11 is 6.60. The van der Waals surface area contributed by atoms with Crippen LogP contribution in [0.5, 0.6) is 0 Å². The number of thiocarbonyl (C=S) groups is 1. The predicted molar refractivity (Wildman–Crippen MR) is 145 cm³/mol. The number of carbonyl (C=O) groups is 1. The van der Waals surface area contributed by atoms with Gasteiger partial charge in [-0.1, -0.05) is 62.5 Å². The molecule has 0 atom stereocenters. The van der Waals surface area contributed by atoms with Gasteiger partial charge in [-0.2, -0.15) is 0 Å². The molecule has 5 heterocycles. The van der Waals surface area contributed by atoms with Crippen LogP contribution in [0.1, 0.15) is 30.7 Å². The number of hydrogen-bond acceptors (Lipinski definition) is 5. The Bertz CT molecular complexity index is 1740. The van der Waals surface area contributed by atoms with Crippen molar-refractivity contribution in [3.8, 4) is 5.88 Å². The van der Waals surface area contributed by atoms with E-state index in [0.29, 0.717) is 15.8 Å². The summed E-state index contributed by atoms with van der Waals surface area (Å²) in [7, 11) is 0. The normalized spacial score (nSPS) is 17.7. The zero-order valence-corrected chi connectivity index (χ0v) is 20.6. The Hall–Kier alpha value is -3.68. The quantitative estimate of drug-likeness (QED) is 0.199. The van der Waals surface area contributed by atoms with Gasteiger partial charge in [0, 0.05) is 39.7 Å². The van der Waals surface area contributed by atoms with Crippen LogP contribution in [0.25, 0.3) is 33.9 Å². The summed E-state index contributed by atoms with van der Waals surface area (Å²) in [5.74, 6) is 1.35. The molecule has 170 valence electrons. The molecule has 3 aromatic heterocycles. The Morgan fingerprint density at radius 2 is 1.80 bits per heavy atom. The lowest BCUT2D eigenvalue weighted by Gasteiger charge is -2.30. The summed E-state index contributed by atoms with van der Waals surface area (Å²) in [5, 5.41) is 2.15. The molecule has 0 unspecified atom stereocenters. The van der Waals surface area contributed by atoms with Crippen LogP contribution in [0.2, 0.25) is 0 Å². The number of rotatable bonds is 2. The Morgan fingerprint density at radius 3 is 2.63 bits per heavy atom. The van der Waals surface area contributed by atoms with Crippen LogP contribution < -0.4 is 4.90 Å². The molecule has 7 rings (SSSR count). The van der Waals surface area contributed by atoms with Crippen LogP contribution in [-0.4, -0.2) is 19.0 Å². The third kappa shape index (κ3) is 2.79. The molecule has 0 spiro atoms. The number of para-hydroxylation sites is 2. The Balaban J connectivity index is 1.47. The van der Waals surface area contributed by atoms with E-state index in [1.54, 1.807) is 6.08 Å². The third-order valence-electron chi connectivity index (χ3n) is 6.94. The molecule has 0 saturated carbocycles. The second-order valence-electron chi connectivity index (χ2n) is 9.26. The molecule has 2 aromatic carbocycles. The average Bonchev–Trinajstić information content (AvgIpc) is 3.51. The van der Waals surface area contributed by atoms with Crippen LogP contribution >= 0.6 is 24.0 Å². The number of nitrogens with zero attached hydrogens (tertiary/aromatic N) is 3. The van der Waals surface area contributed by atoms with Gasteiger partial charge in [-0.3, -0.25) is 14.3 Å². The van der Waals surface area contributed by atoms with E-state index >= 15 is 0 Å². The van der Waals surface area contributed by atoms with Crippen LogP contribution in [0.4, 0.5) is 5.69 Å². The highest BCUT2D eigenvalue weighted by molar-refractivity contribution is 8.34. The Morgan fingerprint density at radius 1 is 1.00 bits per heavy atom. The average molecular weight is 494 g/mol. The van der Waals surface area contributed by atoms with Crippen LogP contribution in [0.3, 0.4) is 0 Å². The topological polar surface area (TPSA) is 51.3 Å². The van der Waals surface area contributed by atoms with Crippen LogP contribution in [0.15, 0.2) is 83.0 Å². The Kier molecular flexibility index (Phi) is 4.23. The molecule has 0 bridgehead atoms. The van der Waals surface area contributed by atoms with Gasteiger partial charge in [0.1, 0.15) is 17.1 Å². The smallest absolute Gasteiger partial charge is 0.243 e. The molecule has 35 heavy (non-hydrogen) atoms. The van der Waals surface area contributed by atoms with E-state index in [1.807, 2.05) is 53.6 Å². The number of pyridine rings is 1. The number of thioether (sulfide) groups is 1. The largest absolute Gasteiger partial charge is 0.440 e. The maximum Gasteiger partial charge on any atom is 0.243 e. The molecule has 1 fully saturated rings. The lowest BCUT2D eigenvalue weighted by atomic mass is 9.76. The molecule has 0 amide bonds. The van der Waals surface area contributed by atoms with E-state index in [-0.39, 0.29) is 10.5 Å². The second kappa shape index (κ2) is 7.16. The molecule has 0 radical (unpaired) electrons. The number of hydrogen-bond donors (Lipinski definition) is 0. The van der Waals surface area contributed by atoms with Crippen molar-refractivity contribution in [3.63, 3.8) is 0 Å². The monoisotopic (exact) mass is 493 g/mol. The first kappa shape index (κ1) is 20.7. The number of benzene rings is 2. The molecule has 5 aromatic rings.